The lowest BCUT2D eigenvalue weighted by atomic mass is 9.99. The van der Waals surface area contributed by atoms with Crippen LogP contribution in [-0.2, 0) is 25.7 Å². The van der Waals surface area contributed by atoms with E-state index in [4.69, 9.17) is 9.47 Å². The second-order valence-corrected chi connectivity index (χ2v) is 16.4. The minimum Gasteiger partial charge on any atom is -0.508 e. The van der Waals surface area contributed by atoms with Crippen LogP contribution in [0.3, 0.4) is 0 Å². The van der Waals surface area contributed by atoms with Crippen molar-refractivity contribution in [2.24, 2.45) is 9.98 Å². The Balaban J connectivity index is 0.000000104. The number of hydrogen-bond donors (Lipinski definition) is 1. The van der Waals surface area contributed by atoms with E-state index in [1.54, 1.807) is 20.3 Å². The first-order valence-electron chi connectivity index (χ1n) is 21.3. The molecule has 61 heavy (non-hydrogen) atoms. The molecule has 12 rings (SSSR count). The monoisotopic (exact) mass is 804 g/mol. The molecule has 4 aromatic carbocycles. The minimum absolute atomic E-state index is 0.364. The van der Waals surface area contributed by atoms with Gasteiger partial charge in [-0.25, -0.2) is 0 Å². The van der Waals surface area contributed by atoms with Crippen molar-refractivity contribution >= 4 is 22.6 Å². The molecule has 6 aliphatic rings. The highest BCUT2D eigenvalue weighted by Gasteiger charge is 2.27. The Morgan fingerprint density at radius 2 is 0.934 bits per heavy atom. The first-order chi connectivity index (χ1) is 29.7. The zero-order chi connectivity index (χ0) is 42.2. The Morgan fingerprint density at radius 3 is 1.51 bits per heavy atom. The fourth-order valence-corrected chi connectivity index (χ4v) is 9.77. The number of aromatic hydroxyl groups is 1. The van der Waals surface area contributed by atoms with E-state index in [0.29, 0.717) is 5.75 Å². The van der Waals surface area contributed by atoms with Crippen LogP contribution in [0.4, 0.5) is 0 Å². The zero-order valence-corrected chi connectivity index (χ0v) is 36.0. The molecule has 7 heteroatoms. The number of aromatic nitrogens is 2. The largest absolute Gasteiger partial charge is 0.508 e. The molecule has 0 unspecified atom stereocenters. The minimum atomic E-state index is 0.364. The molecule has 1 N–H and O–H groups in total. The number of fused-ring (bicyclic) bond motifs is 10. The van der Waals surface area contributed by atoms with Crippen molar-refractivity contribution in [2.75, 3.05) is 27.3 Å². The molecular formula is C54H52N4O3. The van der Waals surface area contributed by atoms with Gasteiger partial charge in [0.2, 0.25) is 0 Å². The van der Waals surface area contributed by atoms with E-state index < -0.39 is 0 Å². The summed E-state index contributed by atoms with van der Waals surface area (Å²) < 4.78 is 10.5. The average Bonchev–Trinajstić information content (AvgIpc) is 4.06. The van der Waals surface area contributed by atoms with Gasteiger partial charge in [0.1, 0.15) is 17.2 Å². The van der Waals surface area contributed by atoms with Crippen LogP contribution in [-0.4, -0.2) is 53.8 Å². The van der Waals surface area contributed by atoms with Crippen LogP contribution in [0.25, 0.3) is 33.4 Å². The number of allylic oxidation sites excluding steroid dienone is 2. The SMILES string of the molecule is CC1=NCCC2=C1Cc1cc(O)ccc12.COc1ccc2c(c1)CC1=C2CCN=C1C.COc1ccc2c(c1)Cc1c-2ccnc1C.Cc1nccc2c1Cc1ccccc1-2. The summed E-state index contributed by atoms with van der Waals surface area (Å²) in [4.78, 5) is 17.7. The Hall–Kier alpha value is -6.60. The number of benzene rings is 4. The molecule has 6 aromatic rings. The standard InChI is InChI=1S/C14H15NO.C14H13NO.C13H13NO.C13H11N/c2*1-9-14-8-10-7-11(16-2)3-4-12(10)13(14)5-6-15-9;1-8-13-7-9-6-10(15)2-3-11(9)12(13)4-5-14-8;1-9-13-8-10-4-2-3-5-11(10)12(13)6-7-14-9/h3-4,7H,5-6,8H2,1-2H3;3-7H,8H2,1-2H3;2-3,6,15H,4-5,7H2,1H3;2-7H,8H2,1H3. The van der Waals surface area contributed by atoms with Crippen molar-refractivity contribution in [1.82, 2.24) is 9.97 Å². The van der Waals surface area contributed by atoms with Gasteiger partial charge in [-0.2, -0.15) is 0 Å². The second-order valence-electron chi connectivity index (χ2n) is 16.4. The lowest BCUT2D eigenvalue weighted by Gasteiger charge is -2.12. The summed E-state index contributed by atoms with van der Waals surface area (Å²) in [6, 6.07) is 31.2. The number of rotatable bonds is 2. The molecule has 0 spiro atoms. The summed E-state index contributed by atoms with van der Waals surface area (Å²) in [6.45, 7) is 10.2. The maximum Gasteiger partial charge on any atom is 0.119 e. The molecule has 4 aliphatic carbocycles. The topological polar surface area (TPSA) is 89.2 Å². The van der Waals surface area contributed by atoms with Crippen LogP contribution >= 0.6 is 0 Å². The molecule has 0 bridgehead atoms. The first-order valence-corrected chi connectivity index (χ1v) is 21.3. The molecule has 7 nitrogen and oxygen atoms in total. The smallest absolute Gasteiger partial charge is 0.119 e. The summed E-state index contributed by atoms with van der Waals surface area (Å²) in [6.07, 6.45) is 9.90. The van der Waals surface area contributed by atoms with Crippen molar-refractivity contribution < 1.29 is 14.6 Å². The number of aliphatic imine (C=N–C) groups is 2. The fourth-order valence-electron chi connectivity index (χ4n) is 9.77. The van der Waals surface area contributed by atoms with Crippen LogP contribution in [0.15, 0.2) is 125 Å². The number of nitrogens with zero attached hydrogens (tertiary/aromatic N) is 4. The number of aryl methyl sites for hydroxylation is 2. The van der Waals surface area contributed by atoms with Gasteiger partial charge in [-0.3, -0.25) is 20.0 Å². The van der Waals surface area contributed by atoms with Gasteiger partial charge in [0.15, 0.2) is 0 Å². The quantitative estimate of drug-likeness (QED) is 0.188. The molecule has 4 heterocycles. The second kappa shape index (κ2) is 16.8. The predicted molar refractivity (Wildman–Crippen MR) is 249 cm³/mol. The Kier molecular flexibility index (Phi) is 11.0. The molecular weight excluding hydrogens is 753 g/mol. The molecule has 2 aliphatic heterocycles. The van der Waals surface area contributed by atoms with Crippen molar-refractivity contribution in [1.29, 1.82) is 0 Å². The highest BCUT2D eigenvalue weighted by atomic mass is 16.5. The van der Waals surface area contributed by atoms with Crippen LogP contribution < -0.4 is 9.47 Å². The lowest BCUT2D eigenvalue weighted by Crippen LogP contribution is -2.05. The number of hydrogen-bond acceptors (Lipinski definition) is 7. The van der Waals surface area contributed by atoms with Gasteiger partial charge >= 0.3 is 0 Å². The number of ether oxygens (including phenoxy) is 2. The number of phenolic OH excluding ortho intramolecular Hbond substituents is 1. The molecule has 0 radical (unpaired) electrons. The summed E-state index contributed by atoms with van der Waals surface area (Å²) in [5.41, 5.74) is 26.7. The third-order valence-corrected chi connectivity index (χ3v) is 13.0. The molecule has 0 saturated heterocycles. The summed E-state index contributed by atoms with van der Waals surface area (Å²) in [7, 11) is 3.42. The van der Waals surface area contributed by atoms with Crippen LogP contribution in [0.2, 0.25) is 0 Å². The Bertz CT molecular complexity index is 2840. The van der Waals surface area contributed by atoms with Crippen LogP contribution in [0.5, 0.6) is 17.2 Å². The summed E-state index contributed by atoms with van der Waals surface area (Å²) in [5.74, 6) is 2.24. The fraction of sp³-hybridized carbons (Fsp3) is 0.259. The van der Waals surface area contributed by atoms with Crippen LogP contribution in [0, 0.1) is 13.8 Å². The van der Waals surface area contributed by atoms with Gasteiger partial charge in [0.05, 0.1) is 14.2 Å². The highest BCUT2D eigenvalue weighted by Crippen LogP contribution is 2.42. The van der Waals surface area contributed by atoms with Gasteiger partial charge in [-0.1, -0.05) is 42.5 Å². The van der Waals surface area contributed by atoms with E-state index in [1.807, 2.05) is 30.6 Å². The van der Waals surface area contributed by atoms with Gasteiger partial charge in [0, 0.05) is 74.0 Å². The molecule has 0 atom stereocenters. The van der Waals surface area contributed by atoms with E-state index in [-0.39, 0.29) is 0 Å². The van der Waals surface area contributed by atoms with Gasteiger partial charge in [0.25, 0.3) is 0 Å². The van der Waals surface area contributed by atoms with E-state index in [1.165, 1.54) is 106 Å². The third kappa shape index (κ3) is 7.70. The number of methoxy groups -OCH3 is 2. The van der Waals surface area contributed by atoms with E-state index in [0.717, 1.165) is 68.8 Å². The zero-order valence-electron chi connectivity index (χ0n) is 36.0. The number of pyridine rings is 2. The lowest BCUT2D eigenvalue weighted by molar-refractivity contribution is 0.414. The summed E-state index contributed by atoms with van der Waals surface area (Å²) in [5, 5.41) is 9.45. The first kappa shape index (κ1) is 39.8. The number of dihydropyridines is 2. The van der Waals surface area contributed by atoms with Gasteiger partial charge < -0.3 is 14.6 Å². The molecule has 0 fully saturated rings. The molecule has 306 valence electrons. The molecule has 0 saturated carbocycles. The van der Waals surface area contributed by atoms with Gasteiger partial charge in [-0.05, 0) is 178 Å². The third-order valence-electron chi connectivity index (χ3n) is 13.0. The van der Waals surface area contributed by atoms with Crippen molar-refractivity contribution in [3.63, 3.8) is 0 Å². The Labute approximate surface area is 359 Å². The maximum absolute atomic E-state index is 9.45. The van der Waals surface area contributed by atoms with Gasteiger partial charge in [-0.15, -0.1) is 0 Å². The number of phenols is 1. The van der Waals surface area contributed by atoms with Crippen LogP contribution in [0.1, 0.15) is 82.6 Å². The van der Waals surface area contributed by atoms with E-state index >= 15 is 0 Å². The van der Waals surface area contributed by atoms with Crippen molar-refractivity contribution in [3.8, 4) is 39.5 Å². The maximum atomic E-state index is 9.45. The summed E-state index contributed by atoms with van der Waals surface area (Å²) >= 11 is 0. The van der Waals surface area contributed by atoms with E-state index in [9.17, 15) is 5.11 Å². The Morgan fingerprint density at radius 1 is 0.459 bits per heavy atom. The highest BCUT2D eigenvalue weighted by molar-refractivity contribution is 6.09. The predicted octanol–water partition coefficient (Wildman–Crippen LogP) is 11.4. The van der Waals surface area contributed by atoms with Crippen molar-refractivity contribution in [3.05, 3.63) is 170 Å². The molecule has 0 amide bonds. The van der Waals surface area contributed by atoms with E-state index in [2.05, 4.69) is 114 Å². The normalized spacial score (nSPS) is 15.3. The van der Waals surface area contributed by atoms with Crippen molar-refractivity contribution in [2.45, 2.75) is 66.2 Å². The molecule has 2 aromatic heterocycles. The average molecular weight is 805 g/mol.